The third kappa shape index (κ3) is 3.39. The molecule has 2 N–H and O–H groups in total. The van der Waals surface area contributed by atoms with E-state index in [0.29, 0.717) is 26.2 Å². The minimum absolute atomic E-state index is 0.201. The topological polar surface area (TPSA) is 78.1 Å². The molecule has 1 aliphatic carbocycles. The van der Waals surface area contributed by atoms with Gasteiger partial charge < -0.3 is 29.6 Å². The molecule has 1 unspecified atom stereocenters. The first kappa shape index (κ1) is 20.9. The van der Waals surface area contributed by atoms with Crippen molar-refractivity contribution in [1.29, 1.82) is 0 Å². The average molecular weight is 429 g/mol. The quantitative estimate of drug-likeness (QED) is 0.647. The zero-order valence-electron chi connectivity index (χ0n) is 18.3. The number of fused-ring (bicyclic) bond motifs is 1. The molecule has 3 aliphatic heterocycles. The first-order valence-electron chi connectivity index (χ1n) is 11.3. The summed E-state index contributed by atoms with van der Waals surface area (Å²) in [5.74, 6) is 0.256. The summed E-state index contributed by atoms with van der Waals surface area (Å²) >= 11 is 0. The number of hydrogen-bond acceptors (Lipinski definition) is 7. The van der Waals surface area contributed by atoms with E-state index in [0.717, 1.165) is 42.8 Å². The van der Waals surface area contributed by atoms with Crippen LogP contribution in [0, 0.1) is 11.8 Å². The minimum atomic E-state index is -0.230. The minimum Gasteiger partial charge on any atom is -0.466 e. The number of nitrogens with one attached hydrogen (secondary N) is 2. The molecular weight excluding hydrogens is 396 g/mol. The lowest BCUT2D eigenvalue weighted by Crippen LogP contribution is -2.51. The standard InChI is InChI=1S/C24H32N2O5/c1-28-10-7-15(23-30-11-12-31-23)13-16-14-17(22(27)29-2)21-24(8-9-25-20(16)24)18-5-3-4-6-19(18)26-21/h3-6,15-16,20,23,25-26H,7-14H2,1-2H3/t15?,16-,20+,24-/m1/s1. The molecule has 1 aromatic carbocycles. The molecule has 1 aromatic rings. The summed E-state index contributed by atoms with van der Waals surface area (Å²) in [6.07, 6.45) is 3.22. The molecule has 7 nitrogen and oxygen atoms in total. The van der Waals surface area contributed by atoms with Crippen molar-refractivity contribution in [3.05, 3.63) is 41.1 Å². The number of anilines is 1. The Morgan fingerprint density at radius 2 is 2.06 bits per heavy atom. The molecule has 31 heavy (non-hydrogen) atoms. The maximum absolute atomic E-state index is 12.9. The van der Waals surface area contributed by atoms with Gasteiger partial charge in [0.05, 0.1) is 31.3 Å². The van der Waals surface area contributed by atoms with Gasteiger partial charge in [-0.1, -0.05) is 18.2 Å². The van der Waals surface area contributed by atoms with Crippen molar-refractivity contribution in [2.24, 2.45) is 11.8 Å². The van der Waals surface area contributed by atoms with Gasteiger partial charge in [-0.25, -0.2) is 4.79 Å². The van der Waals surface area contributed by atoms with Gasteiger partial charge in [0.2, 0.25) is 0 Å². The first-order valence-corrected chi connectivity index (χ1v) is 11.3. The van der Waals surface area contributed by atoms with Gasteiger partial charge in [-0.15, -0.1) is 0 Å². The van der Waals surface area contributed by atoms with Crippen LogP contribution in [0.3, 0.4) is 0 Å². The molecule has 2 saturated heterocycles. The Balaban J connectivity index is 1.53. The summed E-state index contributed by atoms with van der Waals surface area (Å²) in [6, 6.07) is 8.70. The van der Waals surface area contributed by atoms with Gasteiger partial charge in [-0.2, -0.15) is 0 Å². The summed E-state index contributed by atoms with van der Waals surface area (Å²) in [5.41, 5.74) is 3.99. The number of benzene rings is 1. The van der Waals surface area contributed by atoms with Crippen molar-refractivity contribution < 1.29 is 23.7 Å². The maximum Gasteiger partial charge on any atom is 0.335 e. The number of carbonyl (C=O) groups excluding carboxylic acids is 1. The molecule has 3 heterocycles. The Labute approximate surface area is 183 Å². The smallest absolute Gasteiger partial charge is 0.335 e. The van der Waals surface area contributed by atoms with Crippen molar-refractivity contribution in [2.45, 2.75) is 43.4 Å². The predicted molar refractivity (Wildman–Crippen MR) is 116 cm³/mol. The van der Waals surface area contributed by atoms with E-state index in [1.165, 1.54) is 12.7 Å². The molecule has 4 atom stereocenters. The molecule has 2 fully saturated rings. The monoisotopic (exact) mass is 428 g/mol. The number of ether oxygens (including phenoxy) is 4. The second-order valence-electron chi connectivity index (χ2n) is 9.02. The zero-order valence-corrected chi connectivity index (χ0v) is 18.3. The van der Waals surface area contributed by atoms with E-state index in [-0.39, 0.29) is 35.6 Å². The van der Waals surface area contributed by atoms with Crippen molar-refractivity contribution in [3.8, 4) is 0 Å². The van der Waals surface area contributed by atoms with Crippen LogP contribution in [-0.2, 0) is 29.2 Å². The number of methoxy groups -OCH3 is 2. The Hall–Kier alpha value is -1.93. The molecule has 0 aromatic heterocycles. The predicted octanol–water partition coefficient (Wildman–Crippen LogP) is 2.57. The number of esters is 1. The van der Waals surface area contributed by atoms with E-state index >= 15 is 0 Å². The van der Waals surface area contributed by atoms with Gasteiger partial charge in [0.15, 0.2) is 6.29 Å². The lowest BCUT2D eigenvalue weighted by molar-refractivity contribution is -0.136. The Bertz CT molecular complexity index is 865. The molecule has 7 heteroatoms. The molecule has 0 radical (unpaired) electrons. The molecule has 168 valence electrons. The molecule has 0 amide bonds. The highest BCUT2D eigenvalue weighted by Crippen LogP contribution is 2.57. The number of hydrogen-bond donors (Lipinski definition) is 2. The SMILES string of the molecule is COCCC(C[C@@H]1CC(C(=O)OC)=C2Nc3ccccc3[C@@]23CCN[C@@H]13)C1OCCO1. The Kier molecular flexibility index (Phi) is 5.77. The van der Waals surface area contributed by atoms with Crippen molar-refractivity contribution in [1.82, 2.24) is 5.32 Å². The van der Waals surface area contributed by atoms with Crippen LogP contribution in [0.1, 0.15) is 31.2 Å². The summed E-state index contributed by atoms with van der Waals surface area (Å²) in [6.45, 7) is 2.87. The van der Waals surface area contributed by atoms with Crippen LogP contribution in [0.25, 0.3) is 0 Å². The molecule has 0 saturated carbocycles. The number of carbonyl (C=O) groups is 1. The van der Waals surface area contributed by atoms with Crippen LogP contribution in [-0.4, -0.2) is 58.9 Å². The Morgan fingerprint density at radius 1 is 1.26 bits per heavy atom. The molecule has 4 aliphatic rings. The third-order valence-corrected chi connectivity index (χ3v) is 7.53. The molecule has 0 bridgehead atoms. The van der Waals surface area contributed by atoms with Crippen LogP contribution >= 0.6 is 0 Å². The fourth-order valence-electron chi connectivity index (χ4n) is 6.30. The molecule has 5 rings (SSSR count). The van der Waals surface area contributed by atoms with Crippen LogP contribution in [0.15, 0.2) is 35.5 Å². The second-order valence-corrected chi connectivity index (χ2v) is 9.02. The zero-order chi connectivity index (χ0) is 21.4. The highest BCUT2D eigenvalue weighted by molar-refractivity contribution is 5.92. The number of rotatable bonds is 7. The molecular formula is C24H32N2O5. The van der Waals surface area contributed by atoms with E-state index < -0.39 is 0 Å². The van der Waals surface area contributed by atoms with Gasteiger partial charge in [0.1, 0.15) is 0 Å². The van der Waals surface area contributed by atoms with E-state index in [1.54, 1.807) is 7.11 Å². The van der Waals surface area contributed by atoms with E-state index in [9.17, 15) is 4.79 Å². The average Bonchev–Trinajstić information content (AvgIpc) is 3.54. The lowest BCUT2D eigenvalue weighted by Gasteiger charge is -2.44. The van der Waals surface area contributed by atoms with Crippen molar-refractivity contribution in [3.63, 3.8) is 0 Å². The van der Waals surface area contributed by atoms with E-state index in [4.69, 9.17) is 18.9 Å². The normalized spacial score (nSPS) is 30.5. The van der Waals surface area contributed by atoms with E-state index in [1.807, 2.05) is 6.07 Å². The second kappa shape index (κ2) is 8.54. The first-order chi connectivity index (χ1) is 15.2. The fraction of sp³-hybridized carbons (Fsp3) is 0.625. The van der Waals surface area contributed by atoms with Crippen LogP contribution in [0.5, 0.6) is 0 Å². The molecule has 1 spiro atoms. The largest absolute Gasteiger partial charge is 0.466 e. The van der Waals surface area contributed by atoms with Crippen LogP contribution in [0.4, 0.5) is 5.69 Å². The van der Waals surface area contributed by atoms with Crippen LogP contribution in [0.2, 0.25) is 0 Å². The van der Waals surface area contributed by atoms with Gasteiger partial charge in [-0.3, -0.25) is 0 Å². The van der Waals surface area contributed by atoms with Crippen molar-refractivity contribution >= 4 is 11.7 Å². The van der Waals surface area contributed by atoms with Gasteiger partial charge >= 0.3 is 5.97 Å². The Morgan fingerprint density at radius 3 is 2.84 bits per heavy atom. The van der Waals surface area contributed by atoms with Gasteiger partial charge in [-0.05, 0) is 49.8 Å². The van der Waals surface area contributed by atoms with E-state index in [2.05, 4.69) is 28.8 Å². The fourth-order valence-corrected chi connectivity index (χ4v) is 6.30. The number of para-hydroxylation sites is 1. The highest BCUT2D eigenvalue weighted by Gasteiger charge is 2.58. The summed E-state index contributed by atoms with van der Waals surface area (Å²) in [4.78, 5) is 12.9. The van der Waals surface area contributed by atoms with Gasteiger partial charge in [0, 0.05) is 37.1 Å². The van der Waals surface area contributed by atoms with Crippen LogP contribution < -0.4 is 10.6 Å². The van der Waals surface area contributed by atoms with Crippen molar-refractivity contribution in [2.75, 3.05) is 45.9 Å². The highest BCUT2D eigenvalue weighted by atomic mass is 16.7. The summed E-state index contributed by atoms with van der Waals surface area (Å²) in [5, 5.41) is 7.40. The third-order valence-electron chi connectivity index (χ3n) is 7.53. The maximum atomic E-state index is 12.9. The lowest BCUT2D eigenvalue weighted by atomic mass is 9.62. The summed E-state index contributed by atoms with van der Waals surface area (Å²) in [7, 11) is 3.20. The van der Waals surface area contributed by atoms with Gasteiger partial charge in [0.25, 0.3) is 0 Å². The summed E-state index contributed by atoms with van der Waals surface area (Å²) < 4.78 is 22.4.